The van der Waals surface area contributed by atoms with E-state index in [1.54, 1.807) is 20.8 Å². The van der Waals surface area contributed by atoms with Crippen LogP contribution in [0.5, 0.6) is 0 Å². The van der Waals surface area contributed by atoms with Gasteiger partial charge in [0.15, 0.2) is 12.0 Å². The minimum absolute atomic E-state index is 0.190. The molecule has 1 rings (SSSR count). The van der Waals surface area contributed by atoms with Gasteiger partial charge in [0.2, 0.25) is 0 Å². The third kappa shape index (κ3) is 3.68. The van der Waals surface area contributed by atoms with E-state index in [4.69, 9.17) is 4.74 Å². The largest absolute Gasteiger partial charge is 0.444 e. The Balaban J connectivity index is 2.67. The van der Waals surface area contributed by atoms with Crippen LogP contribution in [0.2, 0.25) is 0 Å². The summed E-state index contributed by atoms with van der Waals surface area (Å²) in [4.78, 5) is 24.5. The fourth-order valence-corrected chi connectivity index (χ4v) is 1.78. The van der Waals surface area contributed by atoms with Gasteiger partial charge in [-0.05, 0) is 27.2 Å². The van der Waals surface area contributed by atoms with E-state index in [0.717, 1.165) is 0 Å². The molecule has 0 aliphatic carbocycles. The predicted molar refractivity (Wildman–Crippen MR) is 61.5 cm³/mol. The minimum Gasteiger partial charge on any atom is -0.444 e. The number of alkyl halides is 1. The molecule has 1 saturated heterocycles. The van der Waals surface area contributed by atoms with E-state index in [9.17, 15) is 14.0 Å². The number of Topliss-reactive ketones (excluding diaryl/α,β-unsaturated/α-hetero) is 1. The number of halogens is 1. The van der Waals surface area contributed by atoms with Crippen molar-refractivity contribution in [3.63, 3.8) is 0 Å². The fraction of sp³-hybridized carbons (Fsp3) is 0.833. The quantitative estimate of drug-likeness (QED) is 0.711. The molecule has 0 radical (unpaired) electrons. The summed E-state index contributed by atoms with van der Waals surface area (Å²) in [6, 6.07) is 0. The van der Waals surface area contributed by atoms with Crippen LogP contribution in [0.3, 0.4) is 0 Å². The summed E-state index contributed by atoms with van der Waals surface area (Å²) in [5, 5.41) is 0. The Morgan fingerprint density at radius 1 is 1.47 bits per heavy atom. The van der Waals surface area contributed by atoms with Gasteiger partial charge >= 0.3 is 6.09 Å². The number of ether oxygens (including phenoxy) is 1. The molecule has 0 spiro atoms. The van der Waals surface area contributed by atoms with E-state index in [1.807, 2.05) is 6.92 Å². The predicted octanol–water partition coefficient (Wildman–Crippen LogP) is 2.17. The van der Waals surface area contributed by atoms with E-state index < -0.39 is 29.6 Å². The highest BCUT2D eigenvalue weighted by atomic mass is 19.1. The lowest BCUT2D eigenvalue weighted by atomic mass is 9.93. The smallest absolute Gasteiger partial charge is 0.410 e. The Hall–Kier alpha value is -1.13. The first-order valence-electron chi connectivity index (χ1n) is 5.90. The second kappa shape index (κ2) is 5.02. The van der Waals surface area contributed by atoms with E-state index in [2.05, 4.69) is 0 Å². The summed E-state index contributed by atoms with van der Waals surface area (Å²) in [5.74, 6) is -0.807. The third-order valence-electron chi connectivity index (χ3n) is 2.68. The van der Waals surface area contributed by atoms with E-state index in [-0.39, 0.29) is 13.1 Å². The Labute approximate surface area is 101 Å². The molecule has 0 aromatic heterocycles. The Morgan fingerprint density at radius 2 is 2.06 bits per heavy atom. The SMILES string of the molecule is CCC1CN(C(=O)OC(C)(C)C)CC(F)C1=O. The molecule has 1 fully saturated rings. The Kier molecular flexibility index (Phi) is 4.11. The van der Waals surface area contributed by atoms with Gasteiger partial charge in [0, 0.05) is 12.5 Å². The lowest BCUT2D eigenvalue weighted by Gasteiger charge is -2.34. The van der Waals surface area contributed by atoms with Crippen molar-refractivity contribution in [2.75, 3.05) is 13.1 Å². The average Bonchev–Trinajstić information content (AvgIpc) is 2.19. The molecule has 5 heteroatoms. The van der Waals surface area contributed by atoms with Gasteiger partial charge in [-0.25, -0.2) is 9.18 Å². The first-order chi connectivity index (χ1) is 7.74. The summed E-state index contributed by atoms with van der Waals surface area (Å²) in [6.45, 7) is 7.14. The van der Waals surface area contributed by atoms with Crippen molar-refractivity contribution < 1.29 is 18.7 Å². The molecule has 2 atom stereocenters. The number of amides is 1. The van der Waals surface area contributed by atoms with Crippen LogP contribution < -0.4 is 0 Å². The van der Waals surface area contributed by atoms with Crippen molar-refractivity contribution in [1.29, 1.82) is 0 Å². The lowest BCUT2D eigenvalue weighted by molar-refractivity contribution is -0.132. The molecule has 98 valence electrons. The molecular weight excluding hydrogens is 225 g/mol. The zero-order valence-electron chi connectivity index (χ0n) is 10.8. The molecule has 1 heterocycles. The normalized spacial score (nSPS) is 25.9. The average molecular weight is 245 g/mol. The van der Waals surface area contributed by atoms with Crippen molar-refractivity contribution in [2.45, 2.75) is 45.9 Å². The summed E-state index contributed by atoms with van der Waals surface area (Å²) in [6.07, 6.45) is -1.59. The molecule has 17 heavy (non-hydrogen) atoms. The molecule has 0 saturated carbocycles. The maximum absolute atomic E-state index is 13.5. The van der Waals surface area contributed by atoms with Crippen molar-refractivity contribution in [3.05, 3.63) is 0 Å². The van der Waals surface area contributed by atoms with Crippen molar-refractivity contribution in [3.8, 4) is 0 Å². The first kappa shape index (κ1) is 13.9. The second-order valence-corrected chi connectivity index (χ2v) is 5.36. The van der Waals surface area contributed by atoms with E-state index >= 15 is 0 Å². The van der Waals surface area contributed by atoms with Crippen LogP contribution in [0, 0.1) is 5.92 Å². The zero-order chi connectivity index (χ0) is 13.2. The molecule has 1 aliphatic heterocycles. The van der Waals surface area contributed by atoms with Crippen LogP contribution >= 0.6 is 0 Å². The number of ketones is 1. The van der Waals surface area contributed by atoms with Crippen LogP contribution in [0.25, 0.3) is 0 Å². The molecule has 0 aromatic carbocycles. The van der Waals surface area contributed by atoms with Gasteiger partial charge in [-0.15, -0.1) is 0 Å². The lowest BCUT2D eigenvalue weighted by Crippen LogP contribution is -2.51. The number of hydrogen-bond donors (Lipinski definition) is 0. The first-order valence-corrected chi connectivity index (χ1v) is 5.90. The van der Waals surface area contributed by atoms with Gasteiger partial charge in [-0.3, -0.25) is 4.79 Å². The minimum atomic E-state index is -1.58. The molecule has 1 aliphatic rings. The standard InChI is InChI=1S/C12H20FNO3/c1-5-8-6-14(7-9(13)10(8)15)11(16)17-12(2,3)4/h8-9H,5-7H2,1-4H3. The van der Waals surface area contributed by atoms with Gasteiger partial charge in [0.25, 0.3) is 0 Å². The number of nitrogens with zero attached hydrogens (tertiary/aromatic N) is 1. The highest BCUT2D eigenvalue weighted by molar-refractivity contribution is 5.88. The van der Waals surface area contributed by atoms with Crippen molar-refractivity contribution in [1.82, 2.24) is 4.90 Å². The van der Waals surface area contributed by atoms with Crippen LogP contribution in [-0.4, -0.2) is 41.6 Å². The van der Waals surface area contributed by atoms with Crippen LogP contribution in [0.4, 0.5) is 9.18 Å². The number of piperidine rings is 1. The molecule has 0 bridgehead atoms. The summed E-state index contributed by atoms with van der Waals surface area (Å²) >= 11 is 0. The topological polar surface area (TPSA) is 46.6 Å². The fourth-order valence-electron chi connectivity index (χ4n) is 1.78. The van der Waals surface area contributed by atoms with Gasteiger partial charge in [0.05, 0.1) is 6.54 Å². The Morgan fingerprint density at radius 3 is 2.53 bits per heavy atom. The highest BCUT2D eigenvalue weighted by Gasteiger charge is 2.37. The maximum atomic E-state index is 13.5. The monoisotopic (exact) mass is 245 g/mol. The number of carbonyl (C=O) groups is 2. The summed E-state index contributed by atoms with van der Waals surface area (Å²) in [7, 11) is 0. The van der Waals surface area contributed by atoms with Gasteiger partial charge in [-0.2, -0.15) is 0 Å². The van der Waals surface area contributed by atoms with Crippen molar-refractivity contribution in [2.24, 2.45) is 5.92 Å². The molecule has 0 aromatic rings. The number of likely N-dealkylation sites (tertiary alicyclic amines) is 1. The van der Waals surface area contributed by atoms with Crippen LogP contribution in [0.15, 0.2) is 0 Å². The number of rotatable bonds is 1. The van der Waals surface area contributed by atoms with Gasteiger partial charge < -0.3 is 9.64 Å². The zero-order valence-corrected chi connectivity index (χ0v) is 10.8. The molecule has 0 N–H and O–H groups in total. The molecule has 4 nitrogen and oxygen atoms in total. The van der Waals surface area contributed by atoms with Crippen molar-refractivity contribution >= 4 is 11.9 Å². The van der Waals surface area contributed by atoms with Crippen LogP contribution in [0.1, 0.15) is 34.1 Å². The number of hydrogen-bond acceptors (Lipinski definition) is 3. The Bertz CT molecular complexity index is 311. The van der Waals surface area contributed by atoms with Gasteiger partial charge in [0.1, 0.15) is 5.60 Å². The summed E-state index contributed by atoms with van der Waals surface area (Å²) in [5.41, 5.74) is -0.605. The third-order valence-corrected chi connectivity index (χ3v) is 2.68. The van der Waals surface area contributed by atoms with E-state index in [1.165, 1.54) is 4.90 Å². The number of carbonyl (C=O) groups excluding carboxylic acids is 2. The maximum Gasteiger partial charge on any atom is 0.410 e. The second-order valence-electron chi connectivity index (χ2n) is 5.36. The molecular formula is C12H20FNO3. The van der Waals surface area contributed by atoms with Gasteiger partial charge in [-0.1, -0.05) is 6.92 Å². The summed E-state index contributed by atoms with van der Waals surface area (Å²) < 4.78 is 18.6. The van der Waals surface area contributed by atoms with E-state index in [0.29, 0.717) is 6.42 Å². The highest BCUT2D eigenvalue weighted by Crippen LogP contribution is 2.20. The molecule has 2 unspecified atom stereocenters. The van der Waals surface area contributed by atoms with Crippen LogP contribution in [-0.2, 0) is 9.53 Å². The molecule has 1 amide bonds.